The van der Waals surface area contributed by atoms with Gasteiger partial charge in [-0.15, -0.1) is 22.9 Å². The van der Waals surface area contributed by atoms with Crippen molar-refractivity contribution in [1.29, 1.82) is 0 Å². The summed E-state index contributed by atoms with van der Waals surface area (Å²) in [5.41, 5.74) is 3.54. The lowest BCUT2D eigenvalue weighted by molar-refractivity contribution is -0.143. The molecule has 0 spiro atoms. The fraction of sp³-hybridized carbons (Fsp3) is 0.478. The Labute approximate surface area is 182 Å². The van der Waals surface area contributed by atoms with Crippen LogP contribution in [0.5, 0.6) is 0 Å². The Morgan fingerprint density at radius 2 is 2.03 bits per heavy atom. The number of halogens is 1. The number of benzene rings is 1. The van der Waals surface area contributed by atoms with E-state index < -0.39 is 0 Å². The molecule has 0 saturated heterocycles. The van der Waals surface area contributed by atoms with Gasteiger partial charge in [-0.1, -0.05) is 31.2 Å². The zero-order valence-corrected chi connectivity index (χ0v) is 18.9. The largest absolute Gasteiger partial charge is 0.331 e. The molecular formula is C23H29ClN2O2S. The van der Waals surface area contributed by atoms with Crippen molar-refractivity contribution in [3.8, 4) is 0 Å². The lowest BCUT2D eigenvalue weighted by Crippen LogP contribution is -2.49. The van der Waals surface area contributed by atoms with Crippen LogP contribution in [-0.4, -0.2) is 46.6 Å². The fourth-order valence-corrected chi connectivity index (χ4v) is 5.05. The summed E-state index contributed by atoms with van der Waals surface area (Å²) < 4.78 is 0. The first kappa shape index (κ1) is 21.8. The highest BCUT2D eigenvalue weighted by atomic mass is 35.5. The molecule has 0 N–H and O–H groups in total. The highest BCUT2D eigenvalue weighted by molar-refractivity contribution is 7.10. The van der Waals surface area contributed by atoms with Gasteiger partial charge in [-0.05, 0) is 54.8 Å². The van der Waals surface area contributed by atoms with Crippen molar-refractivity contribution in [2.24, 2.45) is 0 Å². The summed E-state index contributed by atoms with van der Waals surface area (Å²) in [6.45, 7) is 6.89. The normalized spacial score (nSPS) is 17.0. The Bertz CT molecular complexity index is 866. The first-order chi connectivity index (χ1) is 14.0. The summed E-state index contributed by atoms with van der Waals surface area (Å²) >= 11 is 7.56. The third-order valence-electron chi connectivity index (χ3n) is 5.83. The van der Waals surface area contributed by atoms with Gasteiger partial charge in [-0.3, -0.25) is 9.59 Å². The van der Waals surface area contributed by atoms with Crippen LogP contribution in [0.25, 0.3) is 0 Å². The highest BCUT2D eigenvalue weighted by Gasteiger charge is 2.35. The number of rotatable bonds is 7. The number of amides is 2. The number of carbonyl (C=O) groups is 2. The molecule has 0 bridgehead atoms. The molecule has 2 atom stereocenters. The Hall–Kier alpha value is -1.85. The topological polar surface area (TPSA) is 40.6 Å². The van der Waals surface area contributed by atoms with E-state index >= 15 is 0 Å². The van der Waals surface area contributed by atoms with Crippen LogP contribution in [0, 0.1) is 6.92 Å². The van der Waals surface area contributed by atoms with Crippen LogP contribution in [0.1, 0.15) is 54.3 Å². The zero-order chi connectivity index (χ0) is 21.0. The average molecular weight is 433 g/mol. The standard InChI is InChI=1S/C23H29ClN2O2S/c1-4-17(3)26(21(27)9-12-24)15-22(28)25-13-10-20-19(11-14-29-20)23(25)18-8-6-5-7-16(18)2/h5-8,11,14,17,23H,4,9-10,12-13,15H2,1-3H3. The molecule has 0 fully saturated rings. The first-order valence-corrected chi connectivity index (χ1v) is 11.7. The summed E-state index contributed by atoms with van der Waals surface area (Å²) in [5.74, 6) is 0.218. The van der Waals surface area contributed by atoms with E-state index in [-0.39, 0.29) is 42.7 Å². The summed E-state index contributed by atoms with van der Waals surface area (Å²) in [6.07, 6.45) is 1.92. The van der Waals surface area contributed by atoms with Crippen molar-refractivity contribution in [3.63, 3.8) is 0 Å². The van der Waals surface area contributed by atoms with Gasteiger partial charge < -0.3 is 9.80 Å². The minimum absolute atomic E-state index is 0.00155. The predicted octanol–water partition coefficient (Wildman–Crippen LogP) is 4.79. The second kappa shape index (κ2) is 9.77. The van der Waals surface area contributed by atoms with E-state index in [1.165, 1.54) is 16.0 Å². The maximum absolute atomic E-state index is 13.5. The van der Waals surface area contributed by atoms with Crippen LogP contribution < -0.4 is 0 Å². The second-order valence-electron chi connectivity index (χ2n) is 7.61. The van der Waals surface area contributed by atoms with Gasteiger partial charge in [0.25, 0.3) is 0 Å². The lowest BCUT2D eigenvalue weighted by Gasteiger charge is -2.39. The molecule has 0 aliphatic carbocycles. The number of fused-ring (bicyclic) bond motifs is 1. The SMILES string of the molecule is CCC(C)N(CC(=O)N1CCc2sccc2C1c1ccccc1C)C(=O)CCCl. The minimum Gasteiger partial charge on any atom is -0.331 e. The first-order valence-electron chi connectivity index (χ1n) is 10.2. The van der Waals surface area contributed by atoms with Crippen LogP contribution in [0.3, 0.4) is 0 Å². The van der Waals surface area contributed by atoms with Crippen LogP contribution in [-0.2, 0) is 16.0 Å². The summed E-state index contributed by atoms with van der Waals surface area (Å²) in [5, 5.41) is 2.11. The third kappa shape index (κ3) is 4.67. The summed E-state index contributed by atoms with van der Waals surface area (Å²) in [7, 11) is 0. The van der Waals surface area contributed by atoms with E-state index in [0.717, 1.165) is 18.4 Å². The second-order valence-corrected chi connectivity index (χ2v) is 8.99. The van der Waals surface area contributed by atoms with Gasteiger partial charge >= 0.3 is 0 Å². The summed E-state index contributed by atoms with van der Waals surface area (Å²) in [4.78, 5) is 31.1. The van der Waals surface area contributed by atoms with Crippen molar-refractivity contribution >= 4 is 34.8 Å². The van der Waals surface area contributed by atoms with Gasteiger partial charge in [0.15, 0.2) is 0 Å². The Balaban J connectivity index is 1.92. The van der Waals surface area contributed by atoms with Gasteiger partial charge in [0.05, 0.1) is 6.04 Å². The molecule has 6 heteroatoms. The number of alkyl halides is 1. The third-order valence-corrected chi connectivity index (χ3v) is 7.01. The Morgan fingerprint density at radius 1 is 1.28 bits per heavy atom. The molecule has 2 heterocycles. The smallest absolute Gasteiger partial charge is 0.243 e. The maximum Gasteiger partial charge on any atom is 0.243 e. The molecule has 2 amide bonds. The molecule has 4 nitrogen and oxygen atoms in total. The van der Waals surface area contributed by atoms with Crippen molar-refractivity contribution in [3.05, 3.63) is 57.3 Å². The van der Waals surface area contributed by atoms with Crippen molar-refractivity contribution in [2.75, 3.05) is 19.0 Å². The highest BCUT2D eigenvalue weighted by Crippen LogP contribution is 2.39. The van der Waals surface area contributed by atoms with Crippen molar-refractivity contribution in [1.82, 2.24) is 9.80 Å². The number of hydrogen-bond donors (Lipinski definition) is 0. The van der Waals surface area contributed by atoms with E-state index in [1.807, 2.05) is 30.9 Å². The van der Waals surface area contributed by atoms with Gasteiger partial charge in [-0.25, -0.2) is 0 Å². The number of aryl methyl sites for hydroxylation is 1. The number of thiophene rings is 1. The fourth-order valence-electron chi connectivity index (χ4n) is 3.99. The molecule has 29 heavy (non-hydrogen) atoms. The van der Waals surface area contributed by atoms with Crippen molar-refractivity contribution in [2.45, 2.75) is 52.1 Å². The zero-order valence-electron chi connectivity index (χ0n) is 17.4. The van der Waals surface area contributed by atoms with Gasteiger partial charge in [-0.2, -0.15) is 0 Å². The lowest BCUT2D eigenvalue weighted by atomic mass is 9.90. The molecule has 2 unspecified atom stereocenters. The van der Waals surface area contributed by atoms with E-state index in [9.17, 15) is 9.59 Å². The van der Waals surface area contributed by atoms with Gasteiger partial charge in [0.1, 0.15) is 6.54 Å². The Morgan fingerprint density at radius 3 is 2.72 bits per heavy atom. The minimum atomic E-state index is -0.0967. The van der Waals surface area contributed by atoms with E-state index in [1.54, 1.807) is 16.2 Å². The van der Waals surface area contributed by atoms with E-state index in [2.05, 4.69) is 30.5 Å². The van der Waals surface area contributed by atoms with Crippen LogP contribution in [0.2, 0.25) is 0 Å². The van der Waals surface area contributed by atoms with E-state index in [4.69, 9.17) is 11.6 Å². The average Bonchev–Trinajstić information content (AvgIpc) is 3.20. The monoisotopic (exact) mass is 432 g/mol. The van der Waals surface area contributed by atoms with E-state index in [0.29, 0.717) is 6.54 Å². The van der Waals surface area contributed by atoms with Gasteiger partial charge in [0, 0.05) is 29.8 Å². The van der Waals surface area contributed by atoms with Crippen LogP contribution in [0.15, 0.2) is 35.7 Å². The molecule has 1 aliphatic heterocycles. The molecule has 156 valence electrons. The summed E-state index contributed by atoms with van der Waals surface area (Å²) in [6, 6.07) is 10.3. The number of hydrogen-bond acceptors (Lipinski definition) is 3. The van der Waals surface area contributed by atoms with Crippen LogP contribution in [0.4, 0.5) is 0 Å². The number of nitrogens with zero attached hydrogens (tertiary/aromatic N) is 2. The Kier molecular flexibility index (Phi) is 7.36. The molecule has 1 aliphatic rings. The molecule has 1 aromatic heterocycles. The van der Waals surface area contributed by atoms with Gasteiger partial charge in [0.2, 0.25) is 11.8 Å². The quantitative estimate of drug-likeness (QED) is 0.590. The molecule has 2 aromatic rings. The molecular weight excluding hydrogens is 404 g/mol. The molecule has 0 saturated carbocycles. The number of carbonyl (C=O) groups excluding carboxylic acids is 2. The van der Waals surface area contributed by atoms with Crippen LogP contribution >= 0.6 is 22.9 Å². The molecule has 3 rings (SSSR count). The maximum atomic E-state index is 13.5. The molecule has 1 aromatic carbocycles. The molecule has 0 radical (unpaired) electrons. The predicted molar refractivity (Wildman–Crippen MR) is 120 cm³/mol. The van der Waals surface area contributed by atoms with Crippen molar-refractivity contribution < 1.29 is 9.59 Å².